The number of hydrogen-bond acceptors (Lipinski definition) is 7. The van der Waals surface area contributed by atoms with Crippen molar-refractivity contribution in [1.82, 2.24) is 29.8 Å². The van der Waals surface area contributed by atoms with Gasteiger partial charge in [0.1, 0.15) is 5.82 Å². The van der Waals surface area contributed by atoms with E-state index in [0.29, 0.717) is 28.8 Å². The van der Waals surface area contributed by atoms with Gasteiger partial charge in [-0.3, -0.25) is 9.36 Å². The Hall–Kier alpha value is -2.26. The van der Waals surface area contributed by atoms with E-state index in [-0.39, 0.29) is 11.6 Å². The molecule has 1 fully saturated rings. The molecule has 0 saturated carbocycles. The van der Waals surface area contributed by atoms with Crippen molar-refractivity contribution in [1.29, 1.82) is 0 Å². The summed E-state index contributed by atoms with van der Waals surface area (Å²) in [7, 11) is 0. The summed E-state index contributed by atoms with van der Waals surface area (Å²) in [6, 6.07) is 0.248. The van der Waals surface area contributed by atoms with Crippen molar-refractivity contribution in [2.24, 2.45) is 0 Å². The summed E-state index contributed by atoms with van der Waals surface area (Å²) in [6.07, 6.45) is 4.56. The minimum Gasteiger partial charge on any atom is -0.397 e. The van der Waals surface area contributed by atoms with Crippen molar-refractivity contribution >= 4 is 22.5 Å². The summed E-state index contributed by atoms with van der Waals surface area (Å²) in [4.78, 5) is 28.7. The van der Waals surface area contributed by atoms with E-state index in [4.69, 9.17) is 9.72 Å². The Kier molecular flexibility index (Phi) is 4.50. The normalized spacial score (nSPS) is 15.7. The molecule has 25 heavy (non-hydrogen) atoms. The molecule has 0 atom stereocenters. The summed E-state index contributed by atoms with van der Waals surface area (Å²) in [5.74, 6) is 1.21. The number of H-pyrrole nitrogens is 1. The molecule has 4 heterocycles. The first-order valence-electron chi connectivity index (χ1n) is 8.54. The number of nitrogens with one attached hydrogen (secondary N) is 2. The number of fused-ring (bicyclic) bond motifs is 1. The summed E-state index contributed by atoms with van der Waals surface area (Å²) in [5, 5.41) is 5.63. The Morgan fingerprint density at radius 1 is 1.36 bits per heavy atom. The molecule has 4 rings (SSSR count). The highest BCUT2D eigenvalue weighted by molar-refractivity contribution is 7.11. The maximum Gasteiger partial charge on any atom is 0.309 e. The Morgan fingerprint density at radius 3 is 2.92 bits per heavy atom. The van der Waals surface area contributed by atoms with E-state index in [1.807, 2.05) is 9.95 Å². The van der Waals surface area contributed by atoms with E-state index >= 15 is 0 Å². The molecule has 0 spiro atoms. The third kappa shape index (κ3) is 3.16. The van der Waals surface area contributed by atoms with Crippen molar-refractivity contribution < 1.29 is 4.74 Å². The van der Waals surface area contributed by atoms with E-state index in [9.17, 15) is 4.79 Å². The van der Waals surface area contributed by atoms with Crippen LogP contribution in [0.15, 0.2) is 16.4 Å². The third-order valence-electron chi connectivity index (χ3n) is 4.36. The van der Waals surface area contributed by atoms with Gasteiger partial charge in [-0.05, 0) is 32.4 Å². The Morgan fingerprint density at radius 2 is 2.20 bits per heavy atom. The van der Waals surface area contributed by atoms with E-state index in [1.54, 1.807) is 6.20 Å². The second-order valence-corrected chi connectivity index (χ2v) is 6.95. The molecule has 132 valence electrons. The van der Waals surface area contributed by atoms with Gasteiger partial charge < -0.3 is 15.0 Å². The molecule has 3 aromatic heterocycles. The fraction of sp³-hybridized carbons (Fsp3) is 0.500. The molecule has 0 aliphatic carbocycles. The molecule has 1 aliphatic rings. The van der Waals surface area contributed by atoms with Crippen molar-refractivity contribution in [3.8, 4) is 11.2 Å². The number of aromatic amines is 1. The zero-order valence-corrected chi connectivity index (χ0v) is 14.8. The van der Waals surface area contributed by atoms with Crippen LogP contribution in [0.5, 0.6) is 11.2 Å². The molecule has 0 unspecified atom stereocenters. The number of thiazole rings is 1. The lowest BCUT2D eigenvalue weighted by atomic mass is 9.98. The Bertz CT molecular complexity index is 911. The van der Waals surface area contributed by atoms with Crippen LogP contribution in [0.3, 0.4) is 0 Å². The van der Waals surface area contributed by atoms with Gasteiger partial charge in [-0.25, -0.2) is 9.97 Å². The summed E-state index contributed by atoms with van der Waals surface area (Å²) < 4.78 is 7.60. The minimum absolute atomic E-state index is 0.248. The maximum absolute atomic E-state index is 12.5. The molecular formula is C16H20N6O2S. The highest BCUT2D eigenvalue weighted by Crippen LogP contribution is 2.27. The average molecular weight is 360 g/mol. The minimum atomic E-state index is -0.346. The van der Waals surface area contributed by atoms with E-state index < -0.39 is 0 Å². The van der Waals surface area contributed by atoms with Gasteiger partial charge in [0.2, 0.25) is 0 Å². The second kappa shape index (κ2) is 6.93. The number of ether oxygens (including phenoxy) is 1. The lowest BCUT2D eigenvalue weighted by Gasteiger charge is -2.20. The zero-order chi connectivity index (χ0) is 17.2. The van der Waals surface area contributed by atoms with Gasteiger partial charge in [0, 0.05) is 24.0 Å². The van der Waals surface area contributed by atoms with Gasteiger partial charge in [-0.15, -0.1) is 0 Å². The van der Waals surface area contributed by atoms with Crippen LogP contribution in [0.4, 0.5) is 0 Å². The molecule has 0 radical (unpaired) electrons. The van der Waals surface area contributed by atoms with Crippen molar-refractivity contribution in [3.05, 3.63) is 27.8 Å². The Balaban J connectivity index is 1.80. The number of nitrogens with zero attached hydrogens (tertiary/aromatic N) is 4. The molecule has 0 amide bonds. The van der Waals surface area contributed by atoms with Crippen molar-refractivity contribution in [2.75, 3.05) is 13.1 Å². The molecule has 0 aromatic carbocycles. The van der Waals surface area contributed by atoms with Crippen molar-refractivity contribution in [2.45, 2.75) is 38.6 Å². The molecule has 9 heteroatoms. The van der Waals surface area contributed by atoms with Gasteiger partial charge >= 0.3 is 11.6 Å². The first kappa shape index (κ1) is 16.2. The zero-order valence-electron chi connectivity index (χ0n) is 14.0. The van der Waals surface area contributed by atoms with Crippen LogP contribution in [0, 0.1) is 0 Å². The summed E-state index contributed by atoms with van der Waals surface area (Å²) in [5.41, 5.74) is 0.719. The highest BCUT2D eigenvalue weighted by atomic mass is 32.1. The van der Waals surface area contributed by atoms with Gasteiger partial charge in [-0.1, -0.05) is 18.3 Å². The van der Waals surface area contributed by atoms with Crippen LogP contribution in [-0.2, 0) is 6.54 Å². The molecule has 3 aromatic rings. The van der Waals surface area contributed by atoms with Gasteiger partial charge in [-0.2, -0.15) is 4.98 Å². The van der Waals surface area contributed by atoms with Gasteiger partial charge in [0.05, 0.1) is 0 Å². The molecule has 2 N–H and O–H groups in total. The first-order valence-corrected chi connectivity index (χ1v) is 9.42. The predicted molar refractivity (Wildman–Crippen MR) is 95.5 cm³/mol. The van der Waals surface area contributed by atoms with Crippen LogP contribution in [-0.4, -0.2) is 37.6 Å². The van der Waals surface area contributed by atoms with E-state index in [0.717, 1.165) is 38.2 Å². The first-order chi connectivity index (χ1) is 12.3. The molecule has 0 bridgehead atoms. The van der Waals surface area contributed by atoms with Crippen LogP contribution in [0.2, 0.25) is 0 Å². The predicted octanol–water partition coefficient (Wildman–Crippen LogP) is 2.25. The monoisotopic (exact) mass is 360 g/mol. The summed E-state index contributed by atoms with van der Waals surface area (Å²) in [6.45, 7) is 4.67. The number of rotatable bonds is 5. The SMILES string of the molecule is CCCn1c(Oc2nccs2)nc(=O)c2[nH]c(C3CCNCC3)nc21. The molecule has 1 saturated heterocycles. The summed E-state index contributed by atoms with van der Waals surface area (Å²) >= 11 is 1.36. The number of hydrogen-bond donors (Lipinski definition) is 2. The third-order valence-corrected chi connectivity index (χ3v) is 5.01. The smallest absolute Gasteiger partial charge is 0.309 e. The number of aromatic nitrogens is 5. The van der Waals surface area contributed by atoms with Gasteiger partial charge in [0.15, 0.2) is 11.2 Å². The molecule has 8 nitrogen and oxygen atoms in total. The maximum atomic E-state index is 12.5. The number of piperidine rings is 1. The Labute approximate surface area is 148 Å². The van der Waals surface area contributed by atoms with Gasteiger partial charge in [0.25, 0.3) is 5.19 Å². The second-order valence-electron chi connectivity index (χ2n) is 6.10. The average Bonchev–Trinajstić information content (AvgIpc) is 3.29. The highest BCUT2D eigenvalue weighted by Gasteiger charge is 2.22. The number of imidazole rings is 1. The molecule has 1 aliphatic heterocycles. The fourth-order valence-electron chi connectivity index (χ4n) is 3.15. The van der Waals surface area contributed by atoms with E-state index in [1.165, 1.54) is 11.3 Å². The largest absolute Gasteiger partial charge is 0.397 e. The van der Waals surface area contributed by atoms with Crippen LogP contribution >= 0.6 is 11.3 Å². The lowest BCUT2D eigenvalue weighted by molar-refractivity contribution is 0.401. The standard InChI is InChI=1S/C16H20N6O2S/c1-2-8-22-13-11(19-12(20-13)10-3-5-17-6-4-10)14(23)21-15(22)24-16-18-7-9-25-16/h7,9-10,17H,2-6,8H2,1H3,(H,19,20). The van der Waals surface area contributed by atoms with Crippen LogP contribution in [0.25, 0.3) is 11.2 Å². The van der Waals surface area contributed by atoms with Crippen LogP contribution < -0.4 is 15.6 Å². The topological polar surface area (TPSA) is 97.7 Å². The van der Waals surface area contributed by atoms with Crippen LogP contribution in [0.1, 0.15) is 37.9 Å². The fourth-order valence-corrected chi connectivity index (χ4v) is 3.63. The van der Waals surface area contributed by atoms with Crippen molar-refractivity contribution in [3.63, 3.8) is 0 Å². The quantitative estimate of drug-likeness (QED) is 0.724. The number of aryl methyl sites for hydroxylation is 1. The lowest BCUT2D eigenvalue weighted by Crippen LogP contribution is -2.27. The molecular weight excluding hydrogens is 340 g/mol. The van der Waals surface area contributed by atoms with E-state index in [2.05, 4.69) is 27.2 Å².